The number of fused-ring (bicyclic) bond motifs is 6. The van der Waals surface area contributed by atoms with E-state index in [2.05, 4.69) is 52.4 Å². The molecule has 2 heteroatoms. The van der Waals surface area contributed by atoms with Crippen molar-refractivity contribution in [2.45, 2.75) is 6.92 Å². The monoisotopic (exact) mass is 244 g/mol. The lowest BCUT2D eigenvalue weighted by atomic mass is 10.1. The van der Waals surface area contributed by atoms with Gasteiger partial charge in [0, 0.05) is 23.0 Å². The van der Waals surface area contributed by atoms with Crippen molar-refractivity contribution in [2.24, 2.45) is 0 Å². The standard InChI is InChI=1S/C17H12N2/c1-12-6-2-5-9-15-16(12)13-7-3-4-8-14(13)17-18-10-11-19(15)17/h2-8,10-11H,1H3. The number of benzene rings is 1. The minimum atomic E-state index is 0.991. The Hall–Kier alpha value is -2.57. The van der Waals surface area contributed by atoms with Gasteiger partial charge in [-0.1, -0.05) is 42.1 Å². The van der Waals surface area contributed by atoms with Crippen molar-refractivity contribution in [1.82, 2.24) is 9.38 Å². The fraction of sp³-hybridized carbons (Fsp3) is 0.0588. The smallest absolute Gasteiger partial charge is 0.145 e. The zero-order valence-electron chi connectivity index (χ0n) is 10.6. The molecule has 1 aliphatic carbocycles. The van der Waals surface area contributed by atoms with Crippen LogP contribution < -0.4 is 10.6 Å². The summed E-state index contributed by atoms with van der Waals surface area (Å²) in [7, 11) is 0. The van der Waals surface area contributed by atoms with Crippen LogP contribution in [0.5, 0.6) is 0 Å². The van der Waals surface area contributed by atoms with Gasteiger partial charge in [-0.3, -0.25) is 4.40 Å². The number of hydrogen-bond donors (Lipinski definition) is 0. The Labute approximate surface area is 110 Å². The zero-order chi connectivity index (χ0) is 12.8. The normalized spacial score (nSPS) is 13.6. The molecule has 2 aromatic heterocycles. The summed E-state index contributed by atoms with van der Waals surface area (Å²) in [5.74, 6) is 0. The summed E-state index contributed by atoms with van der Waals surface area (Å²) in [6.45, 7) is 2.14. The maximum absolute atomic E-state index is 4.49. The molecule has 0 bridgehead atoms. The molecule has 0 spiro atoms. The lowest BCUT2D eigenvalue weighted by Crippen LogP contribution is -2.32. The number of hydrogen-bond acceptors (Lipinski definition) is 1. The third-order valence-electron chi connectivity index (χ3n) is 3.61. The van der Waals surface area contributed by atoms with Gasteiger partial charge in [-0.05, 0) is 24.0 Å². The molecule has 1 aliphatic rings. The van der Waals surface area contributed by atoms with Crippen molar-refractivity contribution in [3.63, 3.8) is 0 Å². The molecule has 0 aliphatic heterocycles. The Balaban J connectivity index is 2.55. The highest BCUT2D eigenvalue weighted by atomic mass is 15.0. The molecular weight excluding hydrogens is 232 g/mol. The topological polar surface area (TPSA) is 17.3 Å². The molecule has 0 saturated carbocycles. The first-order valence-electron chi connectivity index (χ1n) is 6.34. The van der Waals surface area contributed by atoms with Crippen LogP contribution in [-0.2, 0) is 0 Å². The van der Waals surface area contributed by atoms with Crippen LogP contribution in [0.4, 0.5) is 0 Å². The van der Waals surface area contributed by atoms with Gasteiger partial charge in [0.05, 0.1) is 5.35 Å². The predicted molar refractivity (Wildman–Crippen MR) is 78.1 cm³/mol. The summed E-state index contributed by atoms with van der Waals surface area (Å²) in [6, 6.07) is 8.43. The van der Waals surface area contributed by atoms with Crippen LogP contribution in [-0.4, -0.2) is 9.38 Å². The number of pyridine rings is 1. The van der Waals surface area contributed by atoms with Crippen LogP contribution >= 0.6 is 0 Å². The molecule has 2 heterocycles. The highest BCUT2D eigenvalue weighted by molar-refractivity contribution is 5.95. The van der Waals surface area contributed by atoms with E-state index in [0.29, 0.717) is 0 Å². The second-order valence-corrected chi connectivity index (χ2v) is 4.74. The number of rotatable bonds is 0. The Bertz CT molecular complexity index is 997. The number of allylic oxidation sites excluding steroid dienone is 3. The lowest BCUT2D eigenvalue weighted by molar-refractivity contribution is 1.12. The van der Waals surface area contributed by atoms with E-state index in [1.807, 2.05) is 24.5 Å². The molecule has 1 aromatic carbocycles. The molecule has 0 unspecified atom stereocenters. The first kappa shape index (κ1) is 10.4. The van der Waals surface area contributed by atoms with E-state index in [1.54, 1.807) is 0 Å². The molecule has 90 valence electrons. The van der Waals surface area contributed by atoms with E-state index in [1.165, 1.54) is 21.6 Å². The Morgan fingerprint density at radius 3 is 2.89 bits per heavy atom. The van der Waals surface area contributed by atoms with E-state index >= 15 is 0 Å². The SMILES string of the molecule is CC1=c2c(n3ccnc3c3ccccc23)=C=CC=C1. The van der Waals surface area contributed by atoms with Gasteiger partial charge in [0.15, 0.2) is 0 Å². The highest BCUT2D eigenvalue weighted by Gasteiger charge is 2.07. The summed E-state index contributed by atoms with van der Waals surface area (Å²) >= 11 is 0. The highest BCUT2D eigenvalue weighted by Crippen LogP contribution is 2.14. The second-order valence-electron chi connectivity index (χ2n) is 4.74. The maximum atomic E-state index is 4.49. The minimum absolute atomic E-state index is 0.991. The van der Waals surface area contributed by atoms with Crippen molar-refractivity contribution >= 4 is 27.7 Å². The molecule has 0 radical (unpaired) electrons. The summed E-state index contributed by atoms with van der Waals surface area (Å²) in [4.78, 5) is 4.49. The van der Waals surface area contributed by atoms with Crippen molar-refractivity contribution in [2.75, 3.05) is 0 Å². The van der Waals surface area contributed by atoms with Gasteiger partial charge in [-0.2, -0.15) is 0 Å². The lowest BCUT2D eigenvalue weighted by Gasteiger charge is -2.05. The van der Waals surface area contributed by atoms with Crippen molar-refractivity contribution in [3.05, 3.63) is 65.5 Å². The summed E-state index contributed by atoms with van der Waals surface area (Å²) in [5.41, 5.74) is 5.61. The van der Waals surface area contributed by atoms with Gasteiger partial charge in [-0.25, -0.2) is 4.98 Å². The zero-order valence-corrected chi connectivity index (χ0v) is 10.6. The van der Waals surface area contributed by atoms with E-state index in [0.717, 1.165) is 11.0 Å². The van der Waals surface area contributed by atoms with Gasteiger partial charge < -0.3 is 0 Å². The van der Waals surface area contributed by atoms with E-state index in [-0.39, 0.29) is 0 Å². The molecule has 4 rings (SSSR count). The first-order chi connectivity index (χ1) is 9.36. The van der Waals surface area contributed by atoms with Gasteiger partial charge in [0.2, 0.25) is 0 Å². The third-order valence-corrected chi connectivity index (χ3v) is 3.61. The van der Waals surface area contributed by atoms with Crippen molar-refractivity contribution in [1.29, 1.82) is 0 Å². The molecule has 3 aromatic rings. The molecule has 0 saturated heterocycles. The molecule has 0 atom stereocenters. The molecule has 19 heavy (non-hydrogen) atoms. The largest absolute Gasteiger partial charge is 0.292 e. The maximum Gasteiger partial charge on any atom is 0.145 e. The average Bonchev–Trinajstić information content (AvgIpc) is 2.84. The van der Waals surface area contributed by atoms with Gasteiger partial charge in [0.1, 0.15) is 5.65 Å². The van der Waals surface area contributed by atoms with Crippen molar-refractivity contribution in [3.8, 4) is 0 Å². The van der Waals surface area contributed by atoms with Crippen LogP contribution in [0.25, 0.3) is 27.7 Å². The summed E-state index contributed by atoms with van der Waals surface area (Å²) in [5, 5.41) is 4.74. The minimum Gasteiger partial charge on any atom is -0.292 e. The van der Waals surface area contributed by atoms with Crippen LogP contribution in [0.1, 0.15) is 6.92 Å². The third kappa shape index (κ3) is 1.35. The van der Waals surface area contributed by atoms with Crippen molar-refractivity contribution < 1.29 is 0 Å². The van der Waals surface area contributed by atoms with E-state index in [9.17, 15) is 0 Å². The quantitative estimate of drug-likeness (QED) is 0.592. The van der Waals surface area contributed by atoms with Crippen LogP contribution in [0.2, 0.25) is 0 Å². The van der Waals surface area contributed by atoms with Gasteiger partial charge >= 0.3 is 0 Å². The van der Waals surface area contributed by atoms with Gasteiger partial charge in [-0.15, -0.1) is 0 Å². The molecule has 0 N–H and O–H groups in total. The van der Waals surface area contributed by atoms with Crippen LogP contribution in [0.3, 0.4) is 0 Å². The predicted octanol–water partition coefficient (Wildman–Crippen LogP) is 2.16. The molecule has 2 nitrogen and oxygen atoms in total. The van der Waals surface area contributed by atoms with E-state index in [4.69, 9.17) is 0 Å². The summed E-state index contributed by atoms with van der Waals surface area (Å²) in [6.07, 6.45) is 9.97. The molecule has 0 amide bonds. The van der Waals surface area contributed by atoms with Crippen LogP contribution in [0, 0.1) is 0 Å². The Morgan fingerprint density at radius 2 is 2.00 bits per heavy atom. The Kier molecular flexibility index (Phi) is 2.02. The fourth-order valence-corrected chi connectivity index (χ4v) is 2.77. The fourth-order valence-electron chi connectivity index (χ4n) is 2.77. The number of nitrogens with zero attached hydrogens (tertiary/aromatic N) is 2. The van der Waals surface area contributed by atoms with Gasteiger partial charge in [0.25, 0.3) is 0 Å². The van der Waals surface area contributed by atoms with E-state index < -0.39 is 0 Å². The number of imidazole rings is 1. The molecular formula is C17H12N2. The first-order valence-corrected chi connectivity index (χ1v) is 6.34. The summed E-state index contributed by atoms with van der Waals surface area (Å²) < 4.78 is 2.12. The Morgan fingerprint density at radius 1 is 1.16 bits per heavy atom. The number of aromatic nitrogens is 2. The second kappa shape index (κ2) is 3.71. The van der Waals surface area contributed by atoms with Crippen LogP contribution in [0.15, 0.2) is 54.9 Å². The average molecular weight is 244 g/mol. The molecule has 0 fully saturated rings.